The second kappa shape index (κ2) is 9.22. The van der Waals surface area contributed by atoms with Crippen LogP contribution in [0.1, 0.15) is 16.8 Å². The van der Waals surface area contributed by atoms with Crippen LogP contribution in [0.5, 0.6) is 0 Å². The largest absolute Gasteiger partial charge is 0.382 e. The summed E-state index contributed by atoms with van der Waals surface area (Å²) in [4.78, 5) is 23.7. The molecule has 2 aromatic carbocycles. The summed E-state index contributed by atoms with van der Waals surface area (Å²) in [5.41, 5.74) is 10.3. The Balaban J connectivity index is 1.39. The highest BCUT2D eigenvalue weighted by Gasteiger charge is 2.18. The molecule has 0 aliphatic carbocycles. The fourth-order valence-corrected chi connectivity index (χ4v) is 3.87. The third-order valence-electron chi connectivity index (χ3n) is 5.67. The van der Waals surface area contributed by atoms with Crippen LogP contribution in [-0.4, -0.2) is 52.1 Å². The molecule has 1 amide bonds. The zero-order valence-corrected chi connectivity index (χ0v) is 18.1. The van der Waals surface area contributed by atoms with Crippen molar-refractivity contribution in [3.05, 3.63) is 72.4 Å². The molecule has 166 valence electrons. The van der Waals surface area contributed by atoms with Gasteiger partial charge in [0, 0.05) is 42.4 Å². The normalized spacial score (nSPS) is 14.1. The summed E-state index contributed by atoms with van der Waals surface area (Å²) in [5.74, 6) is 0.753. The molecule has 33 heavy (non-hydrogen) atoms. The van der Waals surface area contributed by atoms with Crippen molar-refractivity contribution < 1.29 is 9.32 Å². The number of aromatic nitrogens is 3. The molecule has 8 nitrogen and oxygen atoms in total. The molecule has 1 saturated heterocycles. The number of amides is 1. The first-order chi connectivity index (χ1) is 16.2. The molecule has 3 heterocycles. The maximum Gasteiger partial charge on any atom is 0.253 e. The Morgan fingerprint density at radius 2 is 1.76 bits per heavy atom. The van der Waals surface area contributed by atoms with Gasteiger partial charge in [-0.15, -0.1) is 0 Å². The Bertz CT molecular complexity index is 1250. The first-order valence-corrected chi connectivity index (χ1v) is 10.9. The monoisotopic (exact) mass is 440 g/mol. The van der Waals surface area contributed by atoms with Gasteiger partial charge in [-0.2, -0.15) is 0 Å². The van der Waals surface area contributed by atoms with Gasteiger partial charge in [0.25, 0.3) is 5.91 Å². The fraction of sp³-hybridized carbons (Fsp3) is 0.200. The van der Waals surface area contributed by atoms with E-state index in [4.69, 9.17) is 10.3 Å². The Kier molecular flexibility index (Phi) is 5.82. The van der Waals surface area contributed by atoms with Crippen molar-refractivity contribution in [1.29, 1.82) is 0 Å². The van der Waals surface area contributed by atoms with E-state index in [1.807, 2.05) is 59.5 Å². The van der Waals surface area contributed by atoms with Crippen LogP contribution < -0.4 is 11.1 Å². The lowest BCUT2D eigenvalue weighted by Gasteiger charge is -2.20. The summed E-state index contributed by atoms with van der Waals surface area (Å²) in [7, 11) is 0. The van der Waals surface area contributed by atoms with E-state index in [2.05, 4.69) is 20.4 Å². The Labute approximate surface area is 191 Å². The van der Waals surface area contributed by atoms with Crippen LogP contribution in [0.2, 0.25) is 0 Å². The molecule has 1 aliphatic rings. The van der Waals surface area contributed by atoms with Crippen molar-refractivity contribution >= 4 is 11.7 Å². The van der Waals surface area contributed by atoms with E-state index < -0.39 is 0 Å². The fourth-order valence-electron chi connectivity index (χ4n) is 3.87. The average molecular weight is 441 g/mol. The minimum absolute atomic E-state index is 0.0458. The van der Waals surface area contributed by atoms with Gasteiger partial charge < -0.3 is 20.5 Å². The van der Waals surface area contributed by atoms with Gasteiger partial charge in [-0.3, -0.25) is 4.79 Å². The third kappa shape index (κ3) is 4.47. The molecule has 0 bridgehead atoms. The van der Waals surface area contributed by atoms with Gasteiger partial charge in [0.2, 0.25) is 0 Å². The molecule has 0 saturated carbocycles. The van der Waals surface area contributed by atoms with Gasteiger partial charge in [0.1, 0.15) is 5.69 Å². The number of hydrogen-bond acceptors (Lipinski definition) is 7. The highest BCUT2D eigenvalue weighted by molar-refractivity contribution is 5.94. The van der Waals surface area contributed by atoms with Crippen molar-refractivity contribution in [2.75, 3.05) is 31.9 Å². The van der Waals surface area contributed by atoms with Crippen LogP contribution in [0.15, 0.2) is 71.4 Å². The maximum absolute atomic E-state index is 12.8. The summed E-state index contributed by atoms with van der Waals surface area (Å²) in [6, 6.07) is 19.0. The molecular formula is C25H24N6O2. The number of carbonyl (C=O) groups excluding carboxylic acids is 1. The summed E-state index contributed by atoms with van der Waals surface area (Å²) in [6.45, 7) is 3.25. The van der Waals surface area contributed by atoms with E-state index in [1.165, 1.54) is 0 Å². The number of rotatable bonds is 4. The van der Waals surface area contributed by atoms with Crippen molar-refractivity contribution in [3.8, 4) is 34.0 Å². The van der Waals surface area contributed by atoms with Crippen LogP contribution >= 0.6 is 0 Å². The predicted molar refractivity (Wildman–Crippen MR) is 126 cm³/mol. The van der Waals surface area contributed by atoms with E-state index in [-0.39, 0.29) is 11.7 Å². The molecule has 3 N–H and O–H groups in total. The van der Waals surface area contributed by atoms with Crippen molar-refractivity contribution in [2.45, 2.75) is 6.42 Å². The number of nitrogens with one attached hydrogen (secondary N) is 1. The van der Waals surface area contributed by atoms with E-state index in [9.17, 15) is 4.79 Å². The van der Waals surface area contributed by atoms with Crippen molar-refractivity contribution in [3.63, 3.8) is 0 Å². The molecule has 0 radical (unpaired) electrons. The van der Waals surface area contributed by atoms with E-state index >= 15 is 0 Å². The molecule has 4 aromatic rings. The SMILES string of the molecule is Nc1ncc(-c2ccc(C(=O)N3CCCNCC3)cc2)nc1-c1cc(-c2ccccc2)no1. The number of carbonyl (C=O) groups is 1. The van der Waals surface area contributed by atoms with Crippen LogP contribution in [0.25, 0.3) is 34.0 Å². The predicted octanol–water partition coefficient (Wildman–Crippen LogP) is 3.48. The Morgan fingerprint density at radius 1 is 0.970 bits per heavy atom. The summed E-state index contributed by atoms with van der Waals surface area (Å²) in [6.07, 6.45) is 2.58. The van der Waals surface area contributed by atoms with E-state index in [1.54, 1.807) is 12.3 Å². The smallest absolute Gasteiger partial charge is 0.253 e. The molecule has 8 heteroatoms. The van der Waals surface area contributed by atoms with Gasteiger partial charge >= 0.3 is 0 Å². The third-order valence-corrected chi connectivity index (χ3v) is 5.67. The van der Waals surface area contributed by atoms with Crippen LogP contribution in [0, 0.1) is 0 Å². The van der Waals surface area contributed by atoms with Gasteiger partial charge in [-0.25, -0.2) is 9.97 Å². The molecule has 5 rings (SSSR count). The molecule has 1 aliphatic heterocycles. The van der Waals surface area contributed by atoms with Crippen LogP contribution in [0.3, 0.4) is 0 Å². The van der Waals surface area contributed by atoms with Crippen LogP contribution in [0.4, 0.5) is 5.82 Å². The van der Waals surface area contributed by atoms with E-state index in [0.717, 1.165) is 43.7 Å². The lowest BCUT2D eigenvalue weighted by molar-refractivity contribution is 0.0766. The molecule has 2 aromatic heterocycles. The number of benzene rings is 2. The van der Waals surface area contributed by atoms with Crippen molar-refractivity contribution in [1.82, 2.24) is 25.3 Å². The Hall–Kier alpha value is -4.04. The Morgan fingerprint density at radius 3 is 2.58 bits per heavy atom. The zero-order chi connectivity index (χ0) is 22.6. The summed E-state index contributed by atoms with van der Waals surface area (Å²) < 4.78 is 5.52. The topological polar surface area (TPSA) is 110 Å². The quantitative estimate of drug-likeness (QED) is 0.500. The standard InChI is InChI=1S/C25H24N6O2/c26-24-23(22-15-20(30-33-22)17-5-2-1-3-6-17)29-21(16-28-24)18-7-9-19(10-8-18)25(32)31-13-4-11-27-12-14-31/h1-3,5-10,15-16,27H,4,11-14H2,(H2,26,28). The van der Waals surface area contributed by atoms with Gasteiger partial charge in [0.05, 0.1) is 11.9 Å². The number of nitrogens with zero attached hydrogens (tertiary/aromatic N) is 4. The first kappa shape index (κ1) is 20.8. The lowest BCUT2D eigenvalue weighted by Crippen LogP contribution is -2.34. The van der Waals surface area contributed by atoms with E-state index in [0.29, 0.717) is 28.4 Å². The zero-order valence-electron chi connectivity index (χ0n) is 18.1. The number of anilines is 1. The minimum Gasteiger partial charge on any atom is -0.382 e. The van der Waals surface area contributed by atoms with Gasteiger partial charge in [-0.1, -0.05) is 47.6 Å². The number of nitrogens with two attached hydrogens (primary N) is 1. The average Bonchev–Trinajstić information content (AvgIpc) is 3.19. The summed E-state index contributed by atoms with van der Waals surface area (Å²) in [5, 5.41) is 7.46. The van der Waals surface area contributed by atoms with Crippen LogP contribution in [-0.2, 0) is 0 Å². The molecule has 0 unspecified atom stereocenters. The highest BCUT2D eigenvalue weighted by Crippen LogP contribution is 2.29. The number of hydrogen-bond donors (Lipinski definition) is 2. The maximum atomic E-state index is 12.8. The molecule has 1 fully saturated rings. The first-order valence-electron chi connectivity index (χ1n) is 10.9. The second-order valence-electron chi connectivity index (χ2n) is 7.90. The minimum atomic E-state index is 0.0458. The molecule has 0 atom stereocenters. The summed E-state index contributed by atoms with van der Waals surface area (Å²) >= 11 is 0. The van der Waals surface area contributed by atoms with Gasteiger partial charge in [0.15, 0.2) is 17.3 Å². The molecule has 0 spiro atoms. The van der Waals surface area contributed by atoms with Gasteiger partial charge in [-0.05, 0) is 25.1 Å². The number of nitrogen functional groups attached to an aromatic ring is 1. The lowest BCUT2D eigenvalue weighted by atomic mass is 10.1. The van der Waals surface area contributed by atoms with Crippen molar-refractivity contribution in [2.24, 2.45) is 0 Å². The second-order valence-corrected chi connectivity index (χ2v) is 7.90. The highest BCUT2D eigenvalue weighted by atomic mass is 16.5. The molecular weight excluding hydrogens is 416 g/mol.